The molecular weight excluding hydrogens is 344 g/mol. The summed E-state index contributed by atoms with van der Waals surface area (Å²) >= 11 is 3.47. The summed E-state index contributed by atoms with van der Waals surface area (Å²) in [5.74, 6) is 1.37. The van der Waals surface area contributed by atoms with Gasteiger partial charge in [-0.25, -0.2) is 0 Å². The molecule has 22 heavy (non-hydrogen) atoms. The standard InChI is InChI=1S/C16H19BrN4O/c17-13-3-1-2-12(8-13)15-19-14(22-20-15)9-21-7-5-16(11-21)4-6-18-10-16/h1-3,8,18H,4-7,9-11H2. The second kappa shape index (κ2) is 5.76. The van der Waals surface area contributed by atoms with Crippen molar-refractivity contribution in [3.05, 3.63) is 34.6 Å². The fourth-order valence-electron chi connectivity index (χ4n) is 3.56. The molecule has 1 aromatic heterocycles. The first-order valence-electron chi connectivity index (χ1n) is 7.74. The fourth-order valence-corrected chi connectivity index (χ4v) is 3.96. The topological polar surface area (TPSA) is 54.2 Å². The number of rotatable bonds is 3. The third kappa shape index (κ3) is 2.83. The van der Waals surface area contributed by atoms with E-state index in [4.69, 9.17) is 4.52 Å². The number of hydrogen-bond donors (Lipinski definition) is 1. The van der Waals surface area contributed by atoms with Gasteiger partial charge in [-0.1, -0.05) is 33.2 Å². The Bertz CT molecular complexity index is 666. The number of hydrogen-bond acceptors (Lipinski definition) is 5. The summed E-state index contributed by atoms with van der Waals surface area (Å²) in [6.45, 7) is 5.31. The lowest BCUT2D eigenvalue weighted by atomic mass is 9.87. The van der Waals surface area contributed by atoms with Crippen molar-refractivity contribution in [2.75, 3.05) is 26.2 Å². The number of nitrogens with zero attached hydrogens (tertiary/aromatic N) is 3. The maximum absolute atomic E-state index is 5.44. The molecule has 2 aliphatic heterocycles. The first-order valence-corrected chi connectivity index (χ1v) is 8.53. The summed E-state index contributed by atoms with van der Waals surface area (Å²) in [4.78, 5) is 6.98. The van der Waals surface area contributed by atoms with E-state index in [0.717, 1.165) is 42.8 Å². The number of nitrogens with one attached hydrogen (secondary N) is 1. The Morgan fingerprint density at radius 2 is 2.32 bits per heavy atom. The quantitative estimate of drug-likeness (QED) is 0.909. The normalized spacial score (nSPS) is 25.3. The minimum Gasteiger partial charge on any atom is -0.338 e. The van der Waals surface area contributed by atoms with Gasteiger partial charge >= 0.3 is 0 Å². The van der Waals surface area contributed by atoms with Crippen LogP contribution in [0.4, 0.5) is 0 Å². The van der Waals surface area contributed by atoms with Crippen LogP contribution in [0.25, 0.3) is 11.4 Å². The molecule has 0 radical (unpaired) electrons. The van der Waals surface area contributed by atoms with Crippen LogP contribution in [0.1, 0.15) is 18.7 Å². The van der Waals surface area contributed by atoms with Crippen LogP contribution in [0, 0.1) is 5.41 Å². The Morgan fingerprint density at radius 3 is 3.14 bits per heavy atom. The molecule has 2 fully saturated rings. The summed E-state index contributed by atoms with van der Waals surface area (Å²) in [5.41, 5.74) is 1.45. The van der Waals surface area contributed by atoms with E-state index in [1.165, 1.54) is 12.8 Å². The molecule has 2 aliphatic rings. The fraction of sp³-hybridized carbons (Fsp3) is 0.500. The SMILES string of the molecule is Brc1cccc(-c2noc(CN3CCC4(CCNC4)C3)n2)c1. The van der Waals surface area contributed by atoms with E-state index in [9.17, 15) is 0 Å². The molecular formula is C16H19BrN4O. The molecule has 1 N–H and O–H groups in total. The molecule has 0 aliphatic carbocycles. The Balaban J connectivity index is 1.44. The molecule has 1 spiro atoms. The van der Waals surface area contributed by atoms with Gasteiger partial charge in [-0.05, 0) is 43.5 Å². The van der Waals surface area contributed by atoms with Gasteiger partial charge in [0.2, 0.25) is 11.7 Å². The first kappa shape index (κ1) is 14.4. The van der Waals surface area contributed by atoms with E-state index < -0.39 is 0 Å². The summed E-state index contributed by atoms with van der Waals surface area (Å²) in [6, 6.07) is 7.97. The largest absolute Gasteiger partial charge is 0.338 e. The van der Waals surface area contributed by atoms with Crippen LogP contribution in [0.2, 0.25) is 0 Å². The summed E-state index contributed by atoms with van der Waals surface area (Å²) < 4.78 is 6.46. The molecule has 0 saturated carbocycles. The smallest absolute Gasteiger partial charge is 0.241 e. The van der Waals surface area contributed by atoms with Gasteiger partial charge < -0.3 is 9.84 Å². The number of halogens is 1. The lowest BCUT2D eigenvalue weighted by molar-refractivity contribution is 0.236. The molecule has 1 atom stereocenters. The Labute approximate surface area is 138 Å². The van der Waals surface area contributed by atoms with E-state index in [1.807, 2.05) is 24.3 Å². The van der Waals surface area contributed by atoms with E-state index >= 15 is 0 Å². The molecule has 1 unspecified atom stereocenters. The zero-order valence-corrected chi connectivity index (χ0v) is 14.0. The predicted molar refractivity (Wildman–Crippen MR) is 87.2 cm³/mol. The minimum absolute atomic E-state index is 0.479. The van der Waals surface area contributed by atoms with Gasteiger partial charge in [0.1, 0.15) is 0 Å². The number of aromatic nitrogens is 2. The van der Waals surface area contributed by atoms with Gasteiger partial charge in [0.25, 0.3) is 0 Å². The molecule has 2 aromatic rings. The predicted octanol–water partition coefficient (Wildman–Crippen LogP) is 2.68. The Hall–Kier alpha value is -1.24. The number of likely N-dealkylation sites (tertiary alicyclic amines) is 1. The van der Waals surface area contributed by atoms with Crippen LogP contribution in [-0.2, 0) is 6.54 Å². The van der Waals surface area contributed by atoms with E-state index in [-0.39, 0.29) is 0 Å². The van der Waals surface area contributed by atoms with Gasteiger partial charge in [-0.15, -0.1) is 0 Å². The van der Waals surface area contributed by atoms with Crippen molar-refractivity contribution in [2.24, 2.45) is 5.41 Å². The van der Waals surface area contributed by atoms with Gasteiger partial charge in [0.05, 0.1) is 6.54 Å². The molecule has 5 nitrogen and oxygen atoms in total. The van der Waals surface area contributed by atoms with Crippen LogP contribution in [0.15, 0.2) is 33.3 Å². The Kier molecular flexibility index (Phi) is 3.76. The molecule has 4 rings (SSSR count). The van der Waals surface area contributed by atoms with Crippen molar-refractivity contribution in [1.82, 2.24) is 20.4 Å². The van der Waals surface area contributed by atoms with Crippen LogP contribution >= 0.6 is 15.9 Å². The van der Waals surface area contributed by atoms with Crippen LogP contribution in [0.3, 0.4) is 0 Å². The molecule has 0 amide bonds. The third-order valence-corrected chi connectivity index (χ3v) is 5.25. The van der Waals surface area contributed by atoms with Gasteiger partial charge in [0.15, 0.2) is 0 Å². The number of benzene rings is 1. The van der Waals surface area contributed by atoms with E-state index in [1.54, 1.807) is 0 Å². The van der Waals surface area contributed by atoms with Crippen molar-refractivity contribution < 1.29 is 4.52 Å². The summed E-state index contributed by atoms with van der Waals surface area (Å²) in [5, 5.41) is 7.60. The molecule has 2 saturated heterocycles. The maximum atomic E-state index is 5.44. The zero-order chi connectivity index (χ0) is 15.0. The summed E-state index contributed by atoms with van der Waals surface area (Å²) in [7, 11) is 0. The van der Waals surface area contributed by atoms with Crippen molar-refractivity contribution in [3.8, 4) is 11.4 Å². The first-order chi connectivity index (χ1) is 10.7. The van der Waals surface area contributed by atoms with Crippen molar-refractivity contribution in [1.29, 1.82) is 0 Å². The highest BCUT2D eigenvalue weighted by Gasteiger charge is 2.40. The monoisotopic (exact) mass is 362 g/mol. The molecule has 6 heteroatoms. The minimum atomic E-state index is 0.479. The lowest BCUT2D eigenvalue weighted by Gasteiger charge is -2.21. The third-order valence-electron chi connectivity index (χ3n) is 4.76. The highest BCUT2D eigenvalue weighted by Crippen LogP contribution is 2.36. The summed E-state index contributed by atoms with van der Waals surface area (Å²) in [6.07, 6.45) is 2.56. The lowest BCUT2D eigenvalue weighted by Crippen LogP contribution is -2.29. The van der Waals surface area contributed by atoms with Crippen LogP contribution in [0.5, 0.6) is 0 Å². The molecule has 0 bridgehead atoms. The molecule has 1 aromatic carbocycles. The van der Waals surface area contributed by atoms with E-state index in [2.05, 4.69) is 36.3 Å². The van der Waals surface area contributed by atoms with Gasteiger partial charge in [0, 0.05) is 23.1 Å². The molecule has 3 heterocycles. The maximum Gasteiger partial charge on any atom is 0.241 e. The van der Waals surface area contributed by atoms with Crippen molar-refractivity contribution in [2.45, 2.75) is 19.4 Å². The average Bonchev–Trinajstić information content (AvgIpc) is 3.23. The highest BCUT2D eigenvalue weighted by atomic mass is 79.9. The van der Waals surface area contributed by atoms with Crippen molar-refractivity contribution >= 4 is 15.9 Å². The molecule has 116 valence electrons. The van der Waals surface area contributed by atoms with Gasteiger partial charge in [-0.3, -0.25) is 4.90 Å². The zero-order valence-electron chi connectivity index (χ0n) is 12.4. The van der Waals surface area contributed by atoms with Crippen LogP contribution < -0.4 is 5.32 Å². The second-order valence-electron chi connectivity index (χ2n) is 6.41. The van der Waals surface area contributed by atoms with Crippen molar-refractivity contribution in [3.63, 3.8) is 0 Å². The van der Waals surface area contributed by atoms with E-state index in [0.29, 0.717) is 17.1 Å². The Morgan fingerprint density at radius 1 is 1.36 bits per heavy atom. The van der Waals surface area contributed by atoms with Crippen LogP contribution in [-0.4, -0.2) is 41.2 Å². The second-order valence-corrected chi connectivity index (χ2v) is 7.33. The highest BCUT2D eigenvalue weighted by molar-refractivity contribution is 9.10. The van der Waals surface area contributed by atoms with Gasteiger partial charge in [-0.2, -0.15) is 4.98 Å². The average molecular weight is 363 g/mol.